The number of rotatable bonds is 8. The van der Waals surface area contributed by atoms with Crippen LogP contribution in [-0.2, 0) is 4.74 Å². The molecule has 2 unspecified atom stereocenters. The first-order chi connectivity index (χ1) is 10.5. The SMILES string of the molecule is CCNC(=NCC(C)CN1CCN(C)CC1)NC(C)COC. The molecule has 0 aromatic rings. The van der Waals surface area contributed by atoms with Gasteiger partial charge in [-0.1, -0.05) is 6.92 Å². The molecule has 1 aliphatic rings. The molecule has 0 radical (unpaired) electrons. The van der Waals surface area contributed by atoms with Gasteiger partial charge >= 0.3 is 0 Å². The minimum Gasteiger partial charge on any atom is -0.383 e. The third-order valence-electron chi connectivity index (χ3n) is 3.87. The zero-order valence-electron chi connectivity index (χ0n) is 15.1. The first-order valence-corrected chi connectivity index (χ1v) is 8.49. The van der Waals surface area contributed by atoms with E-state index in [2.05, 4.69) is 48.3 Å². The van der Waals surface area contributed by atoms with E-state index >= 15 is 0 Å². The summed E-state index contributed by atoms with van der Waals surface area (Å²) >= 11 is 0. The molecule has 0 bridgehead atoms. The lowest BCUT2D eigenvalue weighted by molar-refractivity contribution is 0.140. The van der Waals surface area contributed by atoms with Crippen molar-refractivity contribution < 1.29 is 4.74 Å². The van der Waals surface area contributed by atoms with E-state index in [1.165, 1.54) is 26.2 Å². The second-order valence-corrected chi connectivity index (χ2v) is 6.43. The Balaban J connectivity index is 2.36. The Morgan fingerprint density at radius 1 is 1.23 bits per heavy atom. The quantitative estimate of drug-likeness (QED) is 0.504. The van der Waals surface area contributed by atoms with Gasteiger partial charge in [-0.2, -0.15) is 0 Å². The van der Waals surface area contributed by atoms with Crippen molar-refractivity contribution in [3.05, 3.63) is 0 Å². The zero-order chi connectivity index (χ0) is 16.4. The van der Waals surface area contributed by atoms with E-state index in [0.29, 0.717) is 12.5 Å². The summed E-state index contributed by atoms with van der Waals surface area (Å²) in [5.41, 5.74) is 0. The van der Waals surface area contributed by atoms with Gasteiger partial charge in [0.25, 0.3) is 0 Å². The van der Waals surface area contributed by atoms with E-state index in [4.69, 9.17) is 9.73 Å². The number of nitrogens with zero attached hydrogens (tertiary/aromatic N) is 3. The van der Waals surface area contributed by atoms with Crippen molar-refractivity contribution in [2.75, 3.05) is 66.6 Å². The highest BCUT2D eigenvalue weighted by Gasteiger charge is 2.16. The fourth-order valence-corrected chi connectivity index (χ4v) is 2.62. The molecule has 22 heavy (non-hydrogen) atoms. The first kappa shape index (κ1) is 19.2. The van der Waals surface area contributed by atoms with Crippen molar-refractivity contribution >= 4 is 5.96 Å². The van der Waals surface area contributed by atoms with Crippen molar-refractivity contribution in [1.29, 1.82) is 0 Å². The van der Waals surface area contributed by atoms with Crippen LogP contribution in [0.3, 0.4) is 0 Å². The number of nitrogens with one attached hydrogen (secondary N) is 2. The molecule has 0 aromatic heterocycles. The van der Waals surface area contributed by atoms with Gasteiger partial charge < -0.3 is 25.2 Å². The fraction of sp³-hybridized carbons (Fsp3) is 0.938. The number of ether oxygens (including phenoxy) is 1. The van der Waals surface area contributed by atoms with Gasteiger partial charge in [-0.05, 0) is 26.8 Å². The highest BCUT2D eigenvalue weighted by molar-refractivity contribution is 5.80. The lowest BCUT2D eigenvalue weighted by Gasteiger charge is -2.33. The Hall–Kier alpha value is -0.850. The predicted molar refractivity (Wildman–Crippen MR) is 93.6 cm³/mol. The normalized spacial score (nSPS) is 20.7. The average Bonchev–Trinajstić information content (AvgIpc) is 2.48. The summed E-state index contributed by atoms with van der Waals surface area (Å²) < 4.78 is 5.16. The highest BCUT2D eigenvalue weighted by Crippen LogP contribution is 2.05. The van der Waals surface area contributed by atoms with Gasteiger partial charge in [0.15, 0.2) is 5.96 Å². The van der Waals surface area contributed by atoms with Crippen molar-refractivity contribution in [3.8, 4) is 0 Å². The van der Waals surface area contributed by atoms with Gasteiger partial charge in [-0.15, -0.1) is 0 Å². The maximum atomic E-state index is 5.16. The van der Waals surface area contributed by atoms with Gasteiger partial charge in [0.1, 0.15) is 0 Å². The topological polar surface area (TPSA) is 52.1 Å². The highest BCUT2D eigenvalue weighted by atomic mass is 16.5. The Labute approximate surface area is 136 Å². The molecule has 0 saturated carbocycles. The third-order valence-corrected chi connectivity index (χ3v) is 3.87. The van der Waals surface area contributed by atoms with Crippen LogP contribution in [0.25, 0.3) is 0 Å². The molecule has 1 aliphatic heterocycles. The molecule has 0 aliphatic carbocycles. The number of likely N-dealkylation sites (N-methyl/N-ethyl adjacent to an activating group) is 1. The monoisotopic (exact) mass is 313 g/mol. The number of methoxy groups -OCH3 is 1. The smallest absolute Gasteiger partial charge is 0.191 e. The molecular formula is C16H35N5O. The lowest BCUT2D eigenvalue weighted by atomic mass is 10.1. The van der Waals surface area contributed by atoms with E-state index in [9.17, 15) is 0 Å². The predicted octanol–water partition coefficient (Wildman–Crippen LogP) is 0.460. The minimum atomic E-state index is 0.260. The van der Waals surface area contributed by atoms with Crippen LogP contribution in [0.2, 0.25) is 0 Å². The Bertz CT molecular complexity index is 316. The second kappa shape index (κ2) is 10.8. The summed E-state index contributed by atoms with van der Waals surface area (Å²) in [4.78, 5) is 9.66. The number of guanidine groups is 1. The van der Waals surface area contributed by atoms with Crippen molar-refractivity contribution in [2.45, 2.75) is 26.8 Å². The molecule has 1 fully saturated rings. The zero-order valence-corrected chi connectivity index (χ0v) is 15.1. The number of piperazine rings is 1. The molecule has 1 rings (SSSR count). The van der Waals surface area contributed by atoms with Crippen LogP contribution >= 0.6 is 0 Å². The van der Waals surface area contributed by atoms with E-state index in [1.54, 1.807) is 7.11 Å². The fourth-order valence-electron chi connectivity index (χ4n) is 2.62. The largest absolute Gasteiger partial charge is 0.383 e. The van der Waals surface area contributed by atoms with Crippen LogP contribution < -0.4 is 10.6 Å². The Kier molecular flexibility index (Phi) is 9.43. The molecule has 6 nitrogen and oxygen atoms in total. The molecule has 2 N–H and O–H groups in total. The molecule has 6 heteroatoms. The van der Waals surface area contributed by atoms with Crippen LogP contribution in [0.15, 0.2) is 4.99 Å². The van der Waals surface area contributed by atoms with Gasteiger partial charge in [0.05, 0.1) is 6.61 Å². The number of hydrogen-bond donors (Lipinski definition) is 2. The second-order valence-electron chi connectivity index (χ2n) is 6.43. The molecular weight excluding hydrogens is 278 g/mol. The summed E-state index contributed by atoms with van der Waals surface area (Å²) in [6, 6.07) is 0.260. The molecule has 0 amide bonds. The van der Waals surface area contributed by atoms with Crippen LogP contribution in [0.5, 0.6) is 0 Å². The Morgan fingerprint density at radius 2 is 1.91 bits per heavy atom. The summed E-state index contributed by atoms with van der Waals surface area (Å²) in [5.74, 6) is 1.45. The number of aliphatic imine (C=N–C) groups is 1. The van der Waals surface area contributed by atoms with Crippen LogP contribution in [-0.4, -0.2) is 88.4 Å². The van der Waals surface area contributed by atoms with Crippen LogP contribution in [0.4, 0.5) is 0 Å². The summed E-state index contributed by atoms with van der Waals surface area (Å²) in [5, 5.41) is 6.68. The van der Waals surface area contributed by atoms with Gasteiger partial charge in [0, 0.05) is 59.0 Å². The summed E-state index contributed by atoms with van der Waals surface area (Å²) in [6.07, 6.45) is 0. The first-order valence-electron chi connectivity index (χ1n) is 8.49. The standard InChI is InChI=1S/C16H35N5O/c1-6-17-16(19-15(3)13-22-5)18-11-14(2)12-21-9-7-20(4)8-10-21/h14-15H,6-13H2,1-5H3,(H2,17,18,19). The third kappa shape index (κ3) is 7.96. The molecule has 0 aromatic carbocycles. The minimum absolute atomic E-state index is 0.260. The lowest BCUT2D eigenvalue weighted by Crippen LogP contribution is -2.46. The average molecular weight is 313 g/mol. The summed E-state index contributed by atoms with van der Waals surface area (Å²) in [6.45, 7) is 14.7. The maximum absolute atomic E-state index is 5.16. The van der Waals surface area contributed by atoms with E-state index < -0.39 is 0 Å². The van der Waals surface area contributed by atoms with Crippen molar-refractivity contribution in [2.24, 2.45) is 10.9 Å². The number of hydrogen-bond acceptors (Lipinski definition) is 4. The molecule has 1 heterocycles. The van der Waals surface area contributed by atoms with Crippen LogP contribution in [0.1, 0.15) is 20.8 Å². The van der Waals surface area contributed by atoms with Crippen molar-refractivity contribution in [1.82, 2.24) is 20.4 Å². The Morgan fingerprint density at radius 3 is 2.50 bits per heavy atom. The van der Waals surface area contributed by atoms with Gasteiger partial charge in [-0.3, -0.25) is 4.99 Å². The van der Waals surface area contributed by atoms with E-state index in [0.717, 1.165) is 25.6 Å². The van der Waals surface area contributed by atoms with Gasteiger partial charge in [-0.25, -0.2) is 0 Å². The maximum Gasteiger partial charge on any atom is 0.191 e. The van der Waals surface area contributed by atoms with Gasteiger partial charge in [0.2, 0.25) is 0 Å². The van der Waals surface area contributed by atoms with E-state index in [1.807, 2.05) is 0 Å². The molecule has 1 saturated heterocycles. The van der Waals surface area contributed by atoms with E-state index in [-0.39, 0.29) is 6.04 Å². The molecule has 0 spiro atoms. The molecule has 2 atom stereocenters. The summed E-state index contributed by atoms with van der Waals surface area (Å²) in [7, 11) is 3.92. The molecule has 130 valence electrons. The van der Waals surface area contributed by atoms with Crippen LogP contribution in [0, 0.1) is 5.92 Å². The van der Waals surface area contributed by atoms with Crippen molar-refractivity contribution in [3.63, 3.8) is 0 Å².